The highest BCUT2D eigenvalue weighted by Crippen LogP contribution is 2.26. The number of amides is 2. The van der Waals surface area contributed by atoms with E-state index in [0.717, 1.165) is 9.87 Å². The van der Waals surface area contributed by atoms with Gasteiger partial charge in [-0.1, -0.05) is 41.9 Å². The van der Waals surface area contributed by atoms with Crippen molar-refractivity contribution in [1.29, 1.82) is 0 Å². The lowest BCUT2D eigenvalue weighted by Crippen LogP contribution is -2.39. The van der Waals surface area contributed by atoms with Crippen LogP contribution in [0.3, 0.4) is 0 Å². The number of hydrazone groups is 1. The van der Waals surface area contributed by atoms with Crippen LogP contribution in [0.4, 0.5) is 5.69 Å². The summed E-state index contributed by atoms with van der Waals surface area (Å²) in [7, 11) is -4.13. The van der Waals surface area contributed by atoms with Crippen molar-refractivity contribution in [2.24, 2.45) is 5.10 Å². The Morgan fingerprint density at radius 1 is 0.867 bits per heavy atom. The van der Waals surface area contributed by atoms with E-state index in [1.807, 2.05) is 44.2 Å². The van der Waals surface area contributed by atoms with Gasteiger partial charge in [-0.3, -0.25) is 13.9 Å². The second kappa shape index (κ2) is 15.7. The van der Waals surface area contributed by atoms with E-state index in [2.05, 4.69) is 15.8 Å². The minimum atomic E-state index is -4.13. The Labute approximate surface area is 267 Å². The van der Waals surface area contributed by atoms with Crippen molar-refractivity contribution in [1.82, 2.24) is 10.7 Å². The number of hydrogen-bond donors (Lipinski definition) is 2. The molecule has 0 aromatic heterocycles. The zero-order chi connectivity index (χ0) is 32.2. The number of anilines is 1. The molecule has 0 spiro atoms. The third-order valence-corrected chi connectivity index (χ3v) is 8.49. The van der Waals surface area contributed by atoms with Gasteiger partial charge in [0.15, 0.2) is 6.61 Å². The molecule has 0 radical (unpaired) electrons. The number of rotatable bonds is 14. The van der Waals surface area contributed by atoms with Gasteiger partial charge in [0.05, 0.1) is 29.4 Å². The summed E-state index contributed by atoms with van der Waals surface area (Å²) in [6.45, 7) is 3.51. The molecule has 4 aromatic rings. The van der Waals surface area contributed by atoms with E-state index in [9.17, 15) is 18.0 Å². The number of ether oxygens (including phenoxy) is 2. The molecule has 0 aliphatic carbocycles. The van der Waals surface area contributed by atoms with Gasteiger partial charge in [-0.05, 0) is 97.8 Å². The van der Waals surface area contributed by atoms with Crippen LogP contribution < -0.4 is 24.5 Å². The molecular formula is C33H33ClN4O6S. The maximum Gasteiger partial charge on any atom is 0.264 e. The number of hydrogen-bond acceptors (Lipinski definition) is 7. The fourth-order valence-corrected chi connectivity index (χ4v) is 5.72. The Morgan fingerprint density at radius 3 is 2.13 bits per heavy atom. The third-order valence-electron chi connectivity index (χ3n) is 6.45. The number of sulfonamides is 1. The molecule has 0 saturated carbocycles. The Bertz CT molecular complexity index is 1700. The van der Waals surface area contributed by atoms with Gasteiger partial charge >= 0.3 is 0 Å². The molecule has 4 rings (SSSR count). The summed E-state index contributed by atoms with van der Waals surface area (Å²) < 4.78 is 39.1. The van der Waals surface area contributed by atoms with Crippen molar-refractivity contribution in [2.45, 2.75) is 24.8 Å². The Balaban J connectivity index is 1.35. The van der Waals surface area contributed by atoms with Crippen molar-refractivity contribution >= 4 is 45.3 Å². The van der Waals surface area contributed by atoms with Crippen molar-refractivity contribution in [2.75, 3.05) is 24.1 Å². The van der Waals surface area contributed by atoms with Crippen LogP contribution in [0.5, 0.6) is 11.5 Å². The predicted octanol–water partition coefficient (Wildman–Crippen LogP) is 5.34. The van der Waals surface area contributed by atoms with Gasteiger partial charge in [-0.25, -0.2) is 13.8 Å². The number of carbonyl (C=O) groups is 2. The number of halogens is 1. The summed E-state index contributed by atoms with van der Waals surface area (Å²) >= 11 is 5.94. The quantitative estimate of drug-likeness (QED) is 0.140. The smallest absolute Gasteiger partial charge is 0.264 e. The van der Waals surface area contributed by atoms with Crippen LogP contribution in [-0.2, 0) is 19.6 Å². The largest absolute Gasteiger partial charge is 0.494 e. The van der Waals surface area contributed by atoms with Crippen LogP contribution in [0.2, 0.25) is 5.02 Å². The zero-order valence-corrected chi connectivity index (χ0v) is 26.3. The van der Waals surface area contributed by atoms with Crippen LogP contribution in [-0.4, -0.2) is 46.2 Å². The number of nitrogens with zero attached hydrogens (tertiary/aromatic N) is 2. The Morgan fingerprint density at radius 2 is 1.49 bits per heavy atom. The fraction of sp³-hybridized carbons (Fsp3) is 0.182. The summed E-state index contributed by atoms with van der Waals surface area (Å²) in [4.78, 5) is 25.1. The molecular weight excluding hydrogens is 616 g/mol. The minimum absolute atomic E-state index is 0.0254. The molecule has 0 unspecified atom stereocenters. The predicted molar refractivity (Wildman–Crippen MR) is 174 cm³/mol. The lowest BCUT2D eigenvalue weighted by Gasteiger charge is -2.24. The van der Waals surface area contributed by atoms with E-state index in [4.69, 9.17) is 21.1 Å². The first kappa shape index (κ1) is 33.0. The first-order chi connectivity index (χ1) is 21.7. The second-order valence-electron chi connectivity index (χ2n) is 9.74. The first-order valence-corrected chi connectivity index (χ1v) is 15.9. The van der Waals surface area contributed by atoms with Crippen molar-refractivity contribution in [3.63, 3.8) is 0 Å². The maximum atomic E-state index is 13.5. The molecule has 45 heavy (non-hydrogen) atoms. The van der Waals surface area contributed by atoms with E-state index in [1.165, 1.54) is 30.5 Å². The number of carbonyl (C=O) groups excluding carboxylic acids is 2. The first-order valence-electron chi connectivity index (χ1n) is 14.1. The van der Waals surface area contributed by atoms with Crippen LogP contribution in [0, 0.1) is 0 Å². The number of benzene rings is 4. The molecule has 234 valence electrons. The molecule has 0 bridgehead atoms. The monoisotopic (exact) mass is 648 g/mol. The van der Waals surface area contributed by atoms with Crippen molar-refractivity contribution in [3.05, 3.63) is 119 Å². The molecule has 0 aliphatic rings. The van der Waals surface area contributed by atoms with Crippen molar-refractivity contribution < 1.29 is 27.5 Å². The summed E-state index contributed by atoms with van der Waals surface area (Å²) in [5, 5.41) is 7.24. The Kier molecular flexibility index (Phi) is 11.5. The molecule has 2 N–H and O–H groups in total. The highest BCUT2D eigenvalue weighted by molar-refractivity contribution is 7.92. The molecule has 2 amide bonds. The average molecular weight is 649 g/mol. The second-order valence-corrected chi connectivity index (χ2v) is 12.0. The molecule has 4 aromatic carbocycles. The van der Waals surface area contributed by atoms with E-state index >= 15 is 0 Å². The minimum Gasteiger partial charge on any atom is -0.494 e. The summed E-state index contributed by atoms with van der Waals surface area (Å²) in [5.74, 6) is 0.138. The topological polar surface area (TPSA) is 126 Å². The van der Waals surface area contributed by atoms with Crippen LogP contribution in [0.25, 0.3) is 0 Å². The lowest BCUT2D eigenvalue weighted by atomic mass is 10.1. The van der Waals surface area contributed by atoms with Gasteiger partial charge in [-0.15, -0.1) is 0 Å². The van der Waals surface area contributed by atoms with Gasteiger partial charge in [0.25, 0.3) is 21.8 Å². The molecule has 0 heterocycles. The zero-order valence-electron chi connectivity index (χ0n) is 24.7. The van der Waals surface area contributed by atoms with Crippen molar-refractivity contribution in [3.8, 4) is 11.5 Å². The molecule has 1 atom stereocenters. The summed E-state index contributed by atoms with van der Waals surface area (Å²) in [6.07, 6.45) is 1.41. The van der Waals surface area contributed by atoms with E-state index in [0.29, 0.717) is 28.7 Å². The van der Waals surface area contributed by atoms with Crippen LogP contribution in [0.1, 0.15) is 31.0 Å². The SMILES string of the molecule is CCOc1ccc(N(CC(=O)N/N=C\c2ccc(OCC(=O)N[C@H](C)c3ccccc3)cc2)S(=O)(=O)c2ccc(Cl)cc2)cc1. The highest BCUT2D eigenvalue weighted by atomic mass is 35.5. The standard InChI is InChI=1S/C33H33ClN4O6S/c1-3-43-29-17-13-28(14-18-29)38(45(41,42)31-19-11-27(34)12-20-31)22-32(39)37-35-21-25-9-15-30(16-10-25)44-23-33(40)36-24(2)26-7-5-4-6-8-26/h4-21,24H,3,22-23H2,1-2H3,(H,36,40)(H,37,39)/b35-21-/t24-/m1/s1. The van der Waals surface area contributed by atoms with E-state index < -0.39 is 22.5 Å². The van der Waals surface area contributed by atoms with Crippen LogP contribution in [0.15, 0.2) is 113 Å². The van der Waals surface area contributed by atoms with Gasteiger partial charge in [0, 0.05) is 5.02 Å². The summed E-state index contributed by atoms with van der Waals surface area (Å²) in [5.41, 5.74) is 4.28. The average Bonchev–Trinajstić information content (AvgIpc) is 3.04. The molecule has 0 aliphatic heterocycles. The molecule has 0 fully saturated rings. The highest BCUT2D eigenvalue weighted by Gasteiger charge is 2.27. The Hall–Kier alpha value is -4.87. The third kappa shape index (κ3) is 9.56. The number of nitrogens with one attached hydrogen (secondary N) is 2. The van der Waals surface area contributed by atoms with Gasteiger partial charge in [0.2, 0.25) is 0 Å². The van der Waals surface area contributed by atoms with E-state index in [1.54, 1.807) is 48.5 Å². The fourth-order valence-electron chi connectivity index (χ4n) is 4.18. The van der Waals surface area contributed by atoms with Gasteiger partial charge < -0.3 is 14.8 Å². The van der Waals surface area contributed by atoms with Gasteiger partial charge in [0.1, 0.15) is 18.0 Å². The molecule has 0 saturated heterocycles. The summed E-state index contributed by atoms with van der Waals surface area (Å²) in [6, 6.07) is 28.3. The van der Waals surface area contributed by atoms with Gasteiger partial charge in [-0.2, -0.15) is 5.10 Å². The van der Waals surface area contributed by atoms with E-state index in [-0.39, 0.29) is 29.1 Å². The molecule has 10 nitrogen and oxygen atoms in total. The van der Waals surface area contributed by atoms with Crippen LogP contribution >= 0.6 is 11.6 Å². The lowest BCUT2D eigenvalue weighted by molar-refractivity contribution is -0.123. The molecule has 12 heteroatoms. The maximum absolute atomic E-state index is 13.5. The normalized spacial score (nSPS) is 11.9.